The van der Waals surface area contributed by atoms with Crippen LogP contribution in [0.4, 0.5) is 10.2 Å². The van der Waals surface area contributed by atoms with Crippen LogP contribution in [0.3, 0.4) is 0 Å². The van der Waals surface area contributed by atoms with E-state index in [1.807, 2.05) is 12.1 Å². The minimum Gasteiger partial charge on any atom is -0.382 e. The number of fused-ring (bicyclic) bond motifs is 1. The fourth-order valence-electron chi connectivity index (χ4n) is 2.66. The Labute approximate surface area is 156 Å². The fraction of sp³-hybridized carbons (Fsp3) is 0. The van der Waals surface area contributed by atoms with Crippen LogP contribution in [0.1, 0.15) is 5.56 Å². The lowest BCUT2D eigenvalue weighted by Gasteiger charge is -2.11. The molecule has 0 amide bonds. The van der Waals surface area contributed by atoms with Crippen LogP contribution in [0.25, 0.3) is 32.7 Å². The molecule has 0 radical (unpaired) electrons. The Bertz CT molecular complexity index is 1200. The van der Waals surface area contributed by atoms with Crippen LogP contribution in [0.5, 0.6) is 0 Å². The lowest BCUT2D eigenvalue weighted by Crippen LogP contribution is -2.00. The van der Waals surface area contributed by atoms with Crippen molar-refractivity contribution in [2.45, 2.75) is 0 Å². The molecule has 0 unspecified atom stereocenters. The predicted octanol–water partition coefficient (Wildman–Crippen LogP) is 4.67. The first kappa shape index (κ1) is 16.4. The van der Waals surface area contributed by atoms with Gasteiger partial charge in [0.05, 0.1) is 38.2 Å². The van der Waals surface area contributed by atoms with Crippen molar-refractivity contribution in [1.82, 2.24) is 15.0 Å². The molecule has 5 nitrogen and oxygen atoms in total. The Morgan fingerprint density at radius 3 is 2.85 bits per heavy atom. The van der Waals surface area contributed by atoms with Crippen molar-refractivity contribution >= 4 is 39.0 Å². The highest BCUT2D eigenvalue weighted by atomic mass is 35.5. The molecule has 0 aliphatic carbocycles. The molecular formula is C18H9ClFN5S. The first-order valence-corrected chi connectivity index (χ1v) is 8.69. The maximum atomic E-state index is 14.7. The van der Waals surface area contributed by atoms with E-state index in [0.717, 1.165) is 4.70 Å². The van der Waals surface area contributed by atoms with E-state index in [1.165, 1.54) is 29.7 Å². The van der Waals surface area contributed by atoms with Crippen molar-refractivity contribution in [2.75, 3.05) is 5.73 Å². The third-order valence-electron chi connectivity index (χ3n) is 3.83. The topological polar surface area (TPSA) is 88.5 Å². The normalized spacial score (nSPS) is 10.8. The molecule has 4 aromatic rings. The Morgan fingerprint density at radius 1 is 1.19 bits per heavy atom. The molecule has 0 saturated carbocycles. The van der Waals surface area contributed by atoms with E-state index in [1.54, 1.807) is 17.6 Å². The van der Waals surface area contributed by atoms with Gasteiger partial charge in [0.1, 0.15) is 23.4 Å². The van der Waals surface area contributed by atoms with Crippen LogP contribution in [0, 0.1) is 17.1 Å². The van der Waals surface area contributed by atoms with Crippen molar-refractivity contribution in [2.24, 2.45) is 0 Å². The summed E-state index contributed by atoms with van der Waals surface area (Å²) in [6, 6.07) is 9.93. The average Bonchev–Trinajstić information content (AvgIpc) is 3.11. The Morgan fingerprint density at radius 2 is 2.04 bits per heavy atom. The summed E-state index contributed by atoms with van der Waals surface area (Å²) in [6.07, 6.45) is 1.40. The van der Waals surface area contributed by atoms with Crippen LogP contribution in [-0.2, 0) is 0 Å². The molecule has 8 heteroatoms. The molecule has 2 aromatic carbocycles. The van der Waals surface area contributed by atoms with E-state index >= 15 is 0 Å². The molecule has 2 heterocycles. The van der Waals surface area contributed by atoms with Gasteiger partial charge in [-0.3, -0.25) is 4.98 Å². The Kier molecular flexibility index (Phi) is 3.99. The Hall–Kier alpha value is -3.08. The number of anilines is 1. The van der Waals surface area contributed by atoms with Crippen LogP contribution in [0.15, 0.2) is 42.0 Å². The van der Waals surface area contributed by atoms with Crippen molar-refractivity contribution in [1.29, 1.82) is 5.26 Å². The van der Waals surface area contributed by atoms with Gasteiger partial charge in [-0.25, -0.2) is 14.4 Å². The number of nitriles is 1. The molecule has 0 aliphatic rings. The smallest absolute Gasteiger partial charge is 0.150 e. The van der Waals surface area contributed by atoms with Gasteiger partial charge in [-0.2, -0.15) is 5.26 Å². The van der Waals surface area contributed by atoms with Gasteiger partial charge in [-0.05, 0) is 24.3 Å². The second-order valence-corrected chi connectivity index (χ2v) is 6.72. The first-order valence-electron chi connectivity index (χ1n) is 7.43. The summed E-state index contributed by atoms with van der Waals surface area (Å²) in [5.41, 5.74) is 9.58. The van der Waals surface area contributed by atoms with Gasteiger partial charge in [-0.15, -0.1) is 11.3 Å². The molecule has 0 fully saturated rings. The maximum absolute atomic E-state index is 14.7. The number of hydrogen-bond donors (Lipinski definition) is 1. The third-order valence-corrected chi connectivity index (χ3v) is 4.89. The number of nitrogens with two attached hydrogens (primary N) is 1. The van der Waals surface area contributed by atoms with E-state index in [4.69, 9.17) is 22.6 Å². The average molecular weight is 382 g/mol. The maximum Gasteiger partial charge on any atom is 0.150 e. The second kappa shape index (κ2) is 6.33. The standard InChI is InChI=1S/C18H9ClFN5S/c19-12-4-10(5-13-18(12)24-8-26-13)16-17(25-14(22)7-23-16)11-3-1-2-9(6-21)15(11)20/h1-5,7-8H,(H2,22,25). The molecular weight excluding hydrogens is 373 g/mol. The van der Waals surface area contributed by atoms with Gasteiger partial charge >= 0.3 is 0 Å². The molecule has 2 aromatic heterocycles. The molecule has 0 aliphatic heterocycles. The van der Waals surface area contributed by atoms with Gasteiger partial charge in [0, 0.05) is 11.1 Å². The largest absolute Gasteiger partial charge is 0.382 e. The molecule has 126 valence electrons. The predicted molar refractivity (Wildman–Crippen MR) is 100 cm³/mol. The molecule has 2 N–H and O–H groups in total. The summed E-state index contributed by atoms with van der Waals surface area (Å²) in [4.78, 5) is 12.8. The highest BCUT2D eigenvalue weighted by molar-refractivity contribution is 7.16. The minimum absolute atomic E-state index is 0.0754. The number of halogens is 2. The molecule has 0 atom stereocenters. The number of hydrogen-bond acceptors (Lipinski definition) is 6. The number of rotatable bonds is 2. The van der Waals surface area contributed by atoms with E-state index < -0.39 is 5.82 Å². The highest BCUT2D eigenvalue weighted by Crippen LogP contribution is 2.36. The van der Waals surface area contributed by atoms with Gasteiger partial charge in [0.25, 0.3) is 0 Å². The van der Waals surface area contributed by atoms with Gasteiger partial charge < -0.3 is 5.73 Å². The van der Waals surface area contributed by atoms with Crippen molar-refractivity contribution < 1.29 is 4.39 Å². The lowest BCUT2D eigenvalue weighted by molar-refractivity contribution is 0.627. The fourth-order valence-corrected chi connectivity index (χ4v) is 3.73. The van der Waals surface area contributed by atoms with Crippen molar-refractivity contribution in [3.05, 3.63) is 58.4 Å². The molecule has 4 rings (SSSR count). The second-order valence-electron chi connectivity index (χ2n) is 5.43. The number of benzene rings is 2. The molecule has 0 bridgehead atoms. The summed E-state index contributed by atoms with van der Waals surface area (Å²) >= 11 is 7.75. The van der Waals surface area contributed by atoms with E-state index in [-0.39, 0.29) is 22.6 Å². The molecule has 26 heavy (non-hydrogen) atoms. The lowest BCUT2D eigenvalue weighted by atomic mass is 10.0. The van der Waals surface area contributed by atoms with Crippen molar-refractivity contribution in [3.63, 3.8) is 0 Å². The zero-order chi connectivity index (χ0) is 18.3. The zero-order valence-electron chi connectivity index (χ0n) is 13.1. The van der Waals surface area contributed by atoms with Crippen LogP contribution in [-0.4, -0.2) is 15.0 Å². The highest BCUT2D eigenvalue weighted by Gasteiger charge is 2.18. The number of nitrogens with zero attached hydrogens (tertiary/aromatic N) is 4. The number of aromatic nitrogens is 3. The third kappa shape index (κ3) is 2.65. The summed E-state index contributed by atoms with van der Waals surface area (Å²) < 4.78 is 15.6. The summed E-state index contributed by atoms with van der Waals surface area (Å²) in [5.74, 6) is -0.517. The van der Waals surface area contributed by atoms with Crippen LogP contribution in [0.2, 0.25) is 5.02 Å². The summed E-state index contributed by atoms with van der Waals surface area (Å²) in [6.45, 7) is 0. The SMILES string of the molecule is N#Cc1cccc(-c2nc(N)cnc2-c2cc(Cl)c3ncsc3c2)c1F. The molecule has 0 spiro atoms. The zero-order valence-corrected chi connectivity index (χ0v) is 14.6. The van der Waals surface area contributed by atoms with E-state index in [9.17, 15) is 4.39 Å². The number of nitrogen functional groups attached to an aromatic ring is 1. The van der Waals surface area contributed by atoms with Crippen LogP contribution < -0.4 is 5.73 Å². The molecule has 0 saturated heterocycles. The van der Waals surface area contributed by atoms with Gasteiger partial charge in [0.15, 0.2) is 0 Å². The first-order chi connectivity index (χ1) is 12.6. The van der Waals surface area contributed by atoms with Crippen molar-refractivity contribution in [3.8, 4) is 28.6 Å². The Balaban J connectivity index is 2.00. The van der Waals surface area contributed by atoms with E-state index in [0.29, 0.717) is 21.8 Å². The monoisotopic (exact) mass is 381 g/mol. The van der Waals surface area contributed by atoms with E-state index in [2.05, 4.69) is 15.0 Å². The minimum atomic E-state index is -0.666. The van der Waals surface area contributed by atoms with Gasteiger partial charge in [0.2, 0.25) is 0 Å². The quantitative estimate of drug-likeness (QED) is 0.545. The van der Waals surface area contributed by atoms with Crippen LogP contribution >= 0.6 is 22.9 Å². The van der Waals surface area contributed by atoms with Gasteiger partial charge in [-0.1, -0.05) is 17.7 Å². The number of thiazole rings is 1. The summed E-state index contributed by atoms with van der Waals surface area (Å²) in [5, 5.41) is 9.56. The summed E-state index contributed by atoms with van der Waals surface area (Å²) in [7, 11) is 0.